The van der Waals surface area contributed by atoms with Crippen LogP contribution in [0.3, 0.4) is 0 Å². The Bertz CT molecular complexity index is 204. The highest BCUT2D eigenvalue weighted by Gasteiger charge is 2.12. The number of rotatable bonds is 3. The van der Waals surface area contributed by atoms with Gasteiger partial charge in [0.1, 0.15) is 6.04 Å². The van der Waals surface area contributed by atoms with E-state index in [2.05, 4.69) is 15.6 Å². The van der Waals surface area contributed by atoms with Crippen LogP contribution in [0.25, 0.3) is 0 Å². The first-order valence-electron chi connectivity index (χ1n) is 3.70. The van der Waals surface area contributed by atoms with E-state index in [1.54, 1.807) is 0 Å². The summed E-state index contributed by atoms with van der Waals surface area (Å²) >= 11 is 0. The Kier molecular flexibility index (Phi) is 2.87. The van der Waals surface area contributed by atoms with Crippen LogP contribution in [0.5, 0.6) is 0 Å². The second kappa shape index (κ2) is 3.91. The number of aliphatic imine (C=N–C) groups is 1. The smallest absolute Gasteiger partial charge is 0.322 e. The van der Waals surface area contributed by atoms with Crippen molar-refractivity contribution in [1.82, 2.24) is 10.6 Å². The van der Waals surface area contributed by atoms with Gasteiger partial charge < -0.3 is 21.5 Å². The van der Waals surface area contributed by atoms with Crippen molar-refractivity contribution in [3.05, 3.63) is 0 Å². The topological polar surface area (TPSA) is 99.7 Å². The Balaban J connectivity index is 2.20. The molecular formula is C6H12N4O2. The fourth-order valence-corrected chi connectivity index (χ4v) is 0.810. The van der Waals surface area contributed by atoms with Gasteiger partial charge in [0.25, 0.3) is 0 Å². The maximum Gasteiger partial charge on any atom is 0.322 e. The lowest BCUT2D eigenvalue weighted by molar-refractivity contribution is -0.138. The second-order valence-corrected chi connectivity index (χ2v) is 2.48. The first-order valence-corrected chi connectivity index (χ1v) is 3.70. The van der Waals surface area contributed by atoms with E-state index < -0.39 is 12.0 Å². The summed E-state index contributed by atoms with van der Waals surface area (Å²) in [6, 6.07) is -0.880. The summed E-state index contributed by atoms with van der Waals surface area (Å²) in [5, 5.41) is 14.2. The number of guanidine groups is 1. The highest BCUT2D eigenvalue weighted by atomic mass is 16.4. The molecule has 0 aliphatic carbocycles. The van der Waals surface area contributed by atoms with Crippen LogP contribution < -0.4 is 16.4 Å². The van der Waals surface area contributed by atoms with Crippen LogP contribution in [-0.2, 0) is 4.79 Å². The van der Waals surface area contributed by atoms with Gasteiger partial charge in [-0.25, -0.2) is 0 Å². The zero-order valence-corrected chi connectivity index (χ0v) is 6.58. The van der Waals surface area contributed by atoms with Gasteiger partial charge in [-0.2, -0.15) is 0 Å². The van der Waals surface area contributed by atoms with E-state index in [9.17, 15) is 4.79 Å². The quantitative estimate of drug-likeness (QED) is 0.392. The van der Waals surface area contributed by atoms with Gasteiger partial charge in [0.15, 0.2) is 5.96 Å². The lowest BCUT2D eigenvalue weighted by Gasteiger charge is -2.08. The van der Waals surface area contributed by atoms with Crippen molar-refractivity contribution in [2.45, 2.75) is 6.04 Å². The van der Waals surface area contributed by atoms with Crippen molar-refractivity contribution < 1.29 is 9.90 Å². The number of nitrogens with zero attached hydrogens (tertiary/aromatic N) is 1. The molecule has 0 bridgehead atoms. The Labute approximate surface area is 69.8 Å². The lowest BCUT2D eigenvalue weighted by atomic mass is 10.3. The standard InChI is InChI=1S/C6H12N4O2/c7-4(5(11)12)3-10-6-8-1-2-9-6/h4H,1-3,7H2,(H,11,12)(H2,8,9,10). The molecule has 0 radical (unpaired) electrons. The Morgan fingerprint density at radius 3 is 3.17 bits per heavy atom. The van der Waals surface area contributed by atoms with E-state index >= 15 is 0 Å². The number of carboxylic acids is 1. The molecule has 0 saturated carbocycles. The van der Waals surface area contributed by atoms with Crippen LogP contribution in [0.2, 0.25) is 0 Å². The zero-order chi connectivity index (χ0) is 8.97. The molecule has 6 heteroatoms. The molecular weight excluding hydrogens is 160 g/mol. The van der Waals surface area contributed by atoms with Crippen molar-refractivity contribution in [2.75, 3.05) is 19.6 Å². The van der Waals surface area contributed by atoms with E-state index in [0.29, 0.717) is 5.96 Å². The molecule has 0 aromatic carbocycles. The Hall–Kier alpha value is -1.30. The van der Waals surface area contributed by atoms with Crippen LogP contribution in [0.15, 0.2) is 4.99 Å². The van der Waals surface area contributed by atoms with Crippen LogP contribution in [0, 0.1) is 0 Å². The minimum atomic E-state index is -1.01. The van der Waals surface area contributed by atoms with Gasteiger partial charge in [-0.1, -0.05) is 0 Å². The predicted molar refractivity (Wildman–Crippen MR) is 43.9 cm³/mol. The lowest BCUT2D eigenvalue weighted by Crippen LogP contribution is -2.45. The minimum Gasteiger partial charge on any atom is -0.480 e. The van der Waals surface area contributed by atoms with Crippen LogP contribution in [0.4, 0.5) is 0 Å². The molecule has 0 fully saturated rings. The third-order valence-corrected chi connectivity index (χ3v) is 1.48. The fraction of sp³-hybridized carbons (Fsp3) is 0.667. The normalized spacial score (nSPS) is 17.9. The molecule has 1 aliphatic heterocycles. The molecule has 6 nitrogen and oxygen atoms in total. The number of carbonyl (C=O) groups is 1. The second-order valence-electron chi connectivity index (χ2n) is 2.48. The van der Waals surface area contributed by atoms with Crippen molar-refractivity contribution in [3.8, 4) is 0 Å². The monoisotopic (exact) mass is 172 g/mol. The van der Waals surface area contributed by atoms with E-state index in [-0.39, 0.29) is 6.54 Å². The number of hydrogen-bond donors (Lipinski definition) is 4. The molecule has 12 heavy (non-hydrogen) atoms. The predicted octanol–water partition coefficient (Wildman–Crippen LogP) is -2.05. The number of carboxylic acid groups (broad SMARTS) is 1. The van der Waals surface area contributed by atoms with Crippen molar-refractivity contribution >= 4 is 11.9 Å². The van der Waals surface area contributed by atoms with Gasteiger partial charge in [-0.3, -0.25) is 9.79 Å². The van der Waals surface area contributed by atoms with Gasteiger partial charge in [0.05, 0.1) is 6.54 Å². The molecule has 0 spiro atoms. The van der Waals surface area contributed by atoms with E-state index in [4.69, 9.17) is 10.8 Å². The highest BCUT2D eigenvalue weighted by molar-refractivity contribution is 5.82. The van der Waals surface area contributed by atoms with Gasteiger partial charge in [0, 0.05) is 13.1 Å². The summed E-state index contributed by atoms with van der Waals surface area (Å²) in [7, 11) is 0. The highest BCUT2D eigenvalue weighted by Crippen LogP contribution is 1.82. The number of nitrogens with one attached hydrogen (secondary N) is 2. The molecule has 1 aliphatic rings. The molecule has 68 valence electrons. The number of nitrogens with two attached hydrogens (primary N) is 1. The summed E-state index contributed by atoms with van der Waals surface area (Å²) in [6.45, 7) is 1.72. The summed E-state index contributed by atoms with van der Waals surface area (Å²) in [5.41, 5.74) is 5.25. The largest absolute Gasteiger partial charge is 0.480 e. The van der Waals surface area contributed by atoms with Crippen molar-refractivity contribution in [3.63, 3.8) is 0 Å². The average Bonchev–Trinajstić information content (AvgIpc) is 2.51. The van der Waals surface area contributed by atoms with Gasteiger partial charge in [-0.15, -0.1) is 0 Å². The average molecular weight is 172 g/mol. The summed E-state index contributed by atoms with van der Waals surface area (Å²) in [4.78, 5) is 14.3. The van der Waals surface area contributed by atoms with Gasteiger partial charge >= 0.3 is 5.97 Å². The fourth-order valence-electron chi connectivity index (χ4n) is 0.810. The molecule has 0 saturated heterocycles. The van der Waals surface area contributed by atoms with Crippen LogP contribution in [-0.4, -0.2) is 42.7 Å². The van der Waals surface area contributed by atoms with E-state index in [0.717, 1.165) is 13.1 Å². The molecule has 1 heterocycles. The molecule has 1 rings (SSSR count). The maximum atomic E-state index is 10.3. The maximum absolute atomic E-state index is 10.3. The zero-order valence-electron chi connectivity index (χ0n) is 6.58. The first kappa shape index (κ1) is 8.79. The number of hydrogen-bond acceptors (Lipinski definition) is 5. The summed E-state index contributed by atoms with van der Waals surface area (Å²) in [6.07, 6.45) is 0. The molecule has 5 N–H and O–H groups in total. The molecule has 1 atom stereocenters. The molecule has 0 aromatic rings. The summed E-state index contributed by atoms with van der Waals surface area (Å²) in [5.74, 6) is -0.382. The first-order chi connectivity index (χ1) is 5.70. The minimum absolute atomic E-state index is 0.196. The third-order valence-electron chi connectivity index (χ3n) is 1.48. The van der Waals surface area contributed by atoms with E-state index in [1.165, 1.54) is 0 Å². The van der Waals surface area contributed by atoms with Crippen molar-refractivity contribution in [2.24, 2.45) is 10.7 Å². The number of aliphatic carboxylic acids is 1. The Morgan fingerprint density at radius 2 is 2.67 bits per heavy atom. The van der Waals surface area contributed by atoms with Crippen LogP contribution in [0.1, 0.15) is 0 Å². The SMILES string of the molecule is NC(CNC1=NCCN1)C(=O)O. The Morgan fingerprint density at radius 1 is 1.92 bits per heavy atom. The van der Waals surface area contributed by atoms with E-state index in [1.807, 2.05) is 0 Å². The molecule has 0 aromatic heterocycles. The van der Waals surface area contributed by atoms with Crippen molar-refractivity contribution in [1.29, 1.82) is 0 Å². The summed E-state index contributed by atoms with van der Waals surface area (Å²) < 4.78 is 0. The van der Waals surface area contributed by atoms with Gasteiger partial charge in [0.2, 0.25) is 0 Å². The third kappa shape index (κ3) is 2.39. The van der Waals surface area contributed by atoms with Gasteiger partial charge in [-0.05, 0) is 0 Å². The molecule has 0 amide bonds. The van der Waals surface area contributed by atoms with Crippen LogP contribution >= 0.6 is 0 Å². The molecule has 1 unspecified atom stereocenters.